The van der Waals surface area contributed by atoms with E-state index in [0.717, 1.165) is 36.1 Å². The lowest BCUT2D eigenvalue weighted by molar-refractivity contribution is -0.144. The normalized spacial score (nSPS) is 16.1. The van der Waals surface area contributed by atoms with E-state index in [4.69, 9.17) is 70.8 Å². The molecule has 430 valence electrons. The number of nitrogens with one attached hydrogen (secondary N) is 4. The molecule has 0 bridgehead atoms. The van der Waals surface area contributed by atoms with E-state index in [1.54, 1.807) is 27.9 Å². The van der Waals surface area contributed by atoms with E-state index < -0.39 is 121 Å². The third-order valence-corrected chi connectivity index (χ3v) is 10.0. The SMILES string of the molecule is NC(=O)C(CCCN=C(N)N)NC(=O)CI.NC(N)=NCCCC(NC(=O)CCN1C(=O)C=CC1=O)C(=O)O.NC(N)=NCCCC(NC(=O)CN1C(=O)C=CC1=O)C(=O)O.[2H]C([2H])(N=C(C)N)C([2H])([2H])C([2H])([2H])C([2H])(NC(=O)CI)C(=O)O. The second-order valence-corrected chi connectivity index (χ2v) is 16.4. The summed E-state index contributed by atoms with van der Waals surface area (Å²) in [6.45, 7) is -1.89. The Bertz CT molecular complexity index is 2550. The molecule has 35 heteroatoms. The van der Waals surface area contributed by atoms with Crippen molar-refractivity contribution in [2.45, 2.75) is 88.8 Å². The molecule has 0 radical (unpaired) electrons. The van der Waals surface area contributed by atoms with Gasteiger partial charge in [0.15, 0.2) is 17.9 Å². The van der Waals surface area contributed by atoms with Crippen LogP contribution in [0.1, 0.15) is 74.2 Å². The van der Waals surface area contributed by atoms with Gasteiger partial charge in [0, 0.05) is 68.9 Å². The Balaban J connectivity index is 0. The number of amidine groups is 1. The standard InChI is InChI=1S/C13H19N5O5.C12H17N5O5.C9H16IN3O3.C8H16IN5O2/c14-13(15)16-6-1-2-8(12(22)23)17-9(19)5-7-18-10(20)3-4-11(18)21;13-12(14)15-5-1-2-7(11(21)22)16-8(18)6-17-9(19)3-4-10(17)20;1-6(11)12-4-2-3-7(9(15)16)13-8(14)5-10;9-4-6(15)14-5(7(10)16)2-1-3-13-8(11)12/h3-4,8H,1-2,5-7H2,(H,17,19)(H,22,23)(H4,14,15,16);3-4,7H,1-2,5-6H2,(H,16,18)(H,21,22)(H4,13,14,15);7H,2-5H2,1H3,(H2,11,12)(H,13,14)(H,15,16);5H,1-4H2,(H2,10,16)(H,14,15)(H4,11,12,13)/i;;2D2,3D2,4D2,7D;. The molecule has 33 nitrogen and oxygen atoms in total. The minimum Gasteiger partial charge on any atom is -0.480 e. The summed E-state index contributed by atoms with van der Waals surface area (Å²) in [6, 6.07) is -6.37. The van der Waals surface area contributed by atoms with Gasteiger partial charge in [-0.25, -0.2) is 14.4 Å². The van der Waals surface area contributed by atoms with Crippen molar-refractivity contribution < 1.29 is 82.4 Å². The van der Waals surface area contributed by atoms with Crippen LogP contribution in [0.4, 0.5) is 0 Å². The summed E-state index contributed by atoms with van der Waals surface area (Å²) in [4.78, 5) is 152. The second kappa shape index (κ2) is 40.6. The highest BCUT2D eigenvalue weighted by molar-refractivity contribution is 14.1. The van der Waals surface area contributed by atoms with Gasteiger partial charge in [-0.2, -0.15) is 0 Å². The largest absolute Gasteiger partial charge is 0.480 e. The zero-order chi connectivity index (χ0) is 65.5. The smallest absolute Gasteiger partial charge is 0.326 e. The van der Waals surface area contributed by atoms with E-state index in [9.17, 15) is 57.5 Å². The van der Waals surface area contributed by atoms with Gasteiger partial charge >= 0.3 is 17.9 Å². The quantitative estimate of drug-likeness (QED) is 0.00767. The van der Waals surface area contributed by atoms with Gasteiger partial charge in [-0.15, -0.1) is 0 Å². The monoisotopic (exact) mass is 1330 g/mol. The molecule has 77 heavy (non-hydrogen) atoms. The van der Waals surface area contributed by atoms with Crippen molar-refractivity contribution in [2.24, 2.45) is 65.8 Å². The number of nitrogens with zero attached hydrogens (tertiary/aromatic N) is 6. The lowest BCUT2D eigenvalue weighted by atomic mass is 10.1. The molecule has 0 aliphatic carbocycles. The Morgan fingerprint density at radius 2 is 0.948 bits per heavy atom. The minimum atomic E-state index is -3.70. The first-order chi connectivity index (χ1) is 38.6. The van der Waals surface area contributed by atoms with Crippen LogP contribution in [0, 0.1) is 0 Å². The number of aliphatic carboxylic acids is 3. The first kappa shape index (κ1) is 58.5. The molecule has 2 heterocycles. The topological polar surface area (TPSA) is 578 Å². The van der Waals surface area contributed by atoms with E-state index in [2.05, 4.69) is 35.9 Å². The molecule has 23 N–H and O–H groups in total. The maximum absolute atomic E-state index is 11.8. The van der Waals surface area contributed by atoms with Gasteiger partial charge in [0.2, 0.25) is 29.5 Å². The second-order valence-electron chi connectivity index (χ2n) is 14.9. The molecule has 9 amide bonds. The Hall–Kier alpha value is -7.74. The predicted molar refractivity (Wildman–Crippen MR) is 295 cm³/mol. The van der Waals surface area contributed by atoms with Crippen LogP contribution in [-0.4, -0.2) is 192 Å². The number of carboxylic acids is 3. The first-order valence-electron chi connectivity index (χ1n) is 25.5. The molecule has 0 fully saturated rings. The highest BCUT2D eigenvalue weighted by Gasteiger charge is 2.28. The number of carbonyl (C=O) groups excluding carboxylic acids is 9. The zero-order valence-electron chi connectivity index (χ0n) is 48.2. The summed E-state index contributed by atoms with van der Waals surface area (Å²) in [6.07, 6.45) is -1.18. The number of halogens is 2. The molecule has 0 saturated heterocycles. The Labute approximate surface area is 478 Å². The lowest BCUT2D eigenvalue weighted by Crippen LogP contribution is -2.47. The summed E-state index contributed by atoms with van der Waals surface area (Å²) in [7, 11) is 0. The van der Waals surface area contributed by atoms with Crippen LogP contribution >= 0.6 is 45.2 Å². The highest BCUT2D eigenvalue weighted by atomic mass is 127. The lowest BCUT2D eigenvalue weighted by Gasteiger charge is -2.17. The van der Waals surface area contributed by atoms with Gasteiger partial charge in [0.05, 0.1) is 18.8 Å². The average molecular weight is 1330 g/mol. The van der Waals surface area contributed by atoms with Crippen LogP contribution in [0.2, 0.25) is 0 Å². The maximum Gasteiger partial charge on any atom is 0.326 e. The van der Waals surface area contributed by atoms with Crippen LogP contribution < -0.4 is 67.1 Å². The Morgan fingerprint density at radius 3 is 1.31 bits per heavy atom. The van der Waals surface area contributed by atoms with E-state index >= 15 is 0 Å². The molecule has 2 rings (SSSR count). The predicted octanol–water partition coefficient (Wildman–Crippen LogP) is -5.95. The third-order valence-electron chi connectivity index (χ3n) is 8.64. The van der Waals surface area contributed by atoms with Crippen molar-refractivity contribution >= 4 is 140 Å². The number of rotatable bonds is 31. The van der Waals surface area contributed by atoms with Gasteiger partial charge in [-0.3, -0.25) is 72.9 Å². The molecule has 2 aliphatic rings. The third kappa shape index (κ3) is 36.0. The number of nitrogens with two attached hydrogens (primary N) is 8. The van der Waals surface area contributed by atoms with Gasteiger partial charge in [0.1, 0.15) is 30.7 Å². The van der Waals surface area contributed by atoms with Crippen LogP contribution in [-0.2, 0) is 57.5 Å². The number of hydrogen-bond acceptors (Lipinski definition) is 16. The molecule has 0 saturated carbocycles. The fraction of sp³-hybridized carbons (Fsp3) is 0.524. The fourth-order valence-corrected chi connectivity index (χ4v) is 5.57. The van der Waals surface area contributed by atoms with Gasteiger partial charge in [-0.05, 0) is 58.2 Å². The Morgan fingerprint density at radius 1 is 0.571 bits per heavy atom. The molecule has 4 unspecified atom stereocenters. The van der Waals surface area contributed by atoms with E-state index in [1.165, 1.54) is 0 Å². The number of carbonyl (C=O) groups is 12. The number of primary amides is 1. The summed E-state index contributed by atoms with van der Waals surface area (Å²) < 4.78 is 53.7. The van der Waals surface area contributed by atoms with Crippen molar-refractivity contribution in [3.63, 3.8) is 0 Å². The van der Waals surface area contributed by atoms with Crippen molar-refractivity contribution in [3.05, 3.63) is 24.3 Å². The fourth-order valence-electron chi connectivity index (χ4n) is 5.16. The zero-order valence-corrected chi connectivity index (χ0v) is 45.6. The molecule has 0 spiro atoms. The van der Waals surface area contributed by atoms with Crippen LogP contribution in [0.5, 0.6) is 0 Å². The number of aliphatic imine (C=N–C) groups is 4. The van der Waals surface area contributed by atoms with Crippen molar-refractivity contribution in [3.8, 4) is 0 Å². The van der Waals surface area contributed by atoms with Crippen molar-refractivity contribution in [1.82, 2.24) is 31.1 Å². The molecular formula is C42H68I2N18O15. The molecule has 4 atom stereocenters. The van der Waals surface area contributed by atoms with E-state index in [0.29, 0.717) is 37.1 Å². The van der Waals surface area contributed by atoms with Gasteiger partial charge in [0.25, 0.3) is 23.6 Å². The number of hydrogen-bond donors (Lipinski definition) is 15. The van der Waals surface area contributed by atoms with E-state index in [1.807, 2.05) is 22.6 Å². The number of guanidine groups is 3. The molecule has 0 aromatic carbocycles. The van der Waals surface area contributed by atoms with Crippen molar-refractivity contribution in [2.75, 3.05) is 48.1 Å². The number of carboxylic acid groups (broad SMARTS) is 3. The minimum absolute atomic E-state index is 0.00641. The summed E-state index contributed by atoms with van der Waals surface area (Å²) in [5.41, 5.74) is 41.2. The average Bonchev–Trinajstić information content (AvgIpc) is 3.60. The molecule has 0 aromatic heterocycles. The van der Waals surface area contributed by atoms with Crippen LogP contribution in [0.15, 0.2) is 44.3 Å². The summed E-state index contributed by atoms with van der Waals surface area (Å²) >= 11 is 3.45. The van der Waals surface area contributed by atoms with E-state index in [-0.39, 0.29) is 71.5 Å². The highest BCUT2D eigenvalue weighted by Crippen LogP contribution is 2.07. The van der Waals surface area contributed by atoms with Gasteiger partial charge in [-0.1, -0.05) is 45.2 Å². The van der Waals surface area contributed by atoms with Crippen LogP contribution in [0.25, 0.3) is 0 Å². The van der Waals surface area contributed by atoms with Crippen LogP contribution in [0.3, 0.4) is 0 Å². The summed E-state index contributed by atoms with van der Waals surface area (Å²) in [5.74, 6) is -10.5. The number of amides is 9. The molecule has 2 aliphatic heterocycles. The number of imide groups is 2. The maximum atomic E-state index is 11.8. The molecular weight excluding hydrogens is 1250 g/mol. The van der Waals surface area contributed by atoms with Crippen molar-refractivity contribution in [1.29, 1.82) is 0 Å². The summed E-state index contributed by atoms with van der Waals surface area (Å²) in [5, 5.41) is 35.9. The first-order valence-corrected chi connectivity index (χ1v) is 25.1. The van der Waals surface area contributed by atoms with Gasteiger partial charge < -0.3 is 82.5 Å². The number of alkyl halides is 2. The Kier molecular flexibility index (Phi) is 30.8. The molecule has 0 aromatic rings.